The fourth-order valence-corrected chi connectivity index (χ4v) is 0.921. The van der Waals surface area contributed by atoms with E-state index in [0.717, 1.165) is 6.08 Å². The van der Waals surface area contributed by atoms with Gasteiger partial charge in [0.1, 0.15) is 0 Å². The minimum absolute atomic E-state index is 0.414. The number of halogens is 3. The molecule has 0 aliphatic rings. The molecule has 0 radical (unpaired) electrons. The molecule has 0 aliphatic carbocycles. The number of rotatable bonds is 1. The summed E-state index contributed by atoms with van der Waals surface area (Å²) in [6, 6.07) is 6.29. The highest BCUT2D eigenvalue weighted by Gasteiger charge is 1.92. The minimum Gasteiger partial charge on any atom is -0.173 e. The first-order valence-electron chi connectivity index (χ1n) is 2.97. The number of benzene rings is 1. The molecule has 0 aromatic heterocycles. The molecule has 0 spiro atoms. The van der Waals surface area contributed by atoms with E-state index in [1.54, 1.807) is 18.2 Å². The van der Waals surface area contributed by atoms with Gasteiger partial charge in [0.05, 0.1) is 0 Å². The van der Waals surface area contributed by atoms with E-state index in [2.05, 4.69) is 0 Å². The van der Waals surface area contributed by atoms with Gasteiger partial charge in [0.15, 0.2) is 0 Å². The molecule has 3 heteroatoms. The van der Waals surface area contributed by atoms with Crippen LogP contribution in [0.1, 0.15) is 5.56 Å². The van der Waals surface area contributed by atoms with Gasteiger partial charge in [-0.25, -0.2) is 0 Å². The lowest BCUT2D eigenvalue weighted by molar-refractivity contribution is 0.429. The lowest BCUT2D eigenvalue weighted by atomic mass is 10.2. The summed E-state index contributed by atoms with van der Waals surface area (Å²) in [4.78, 5) is 0. The van der Waals surface area contributed by atoms with E-state index in [1.807, 2.05) is 0 Å². The molecule has 0 fully saturated rings. The summed E-state index contributed by atoms with van der Waals surface area (Å²) >= 11 is 5.55. The summed E-state index contributed by atoms with van der Waals surface area (Å²) < 4.78 is 23.3. The molecule has 0 amide bonds. The Morgan fingerprint density at radius 1 is 1.36 bits per heavy atom. The molecule has 1 aromatic carbocycles. The second-order valence-corrected chi connectivity index (χ2v) is 2.43. The summed E-state index contributed by atoms with van der Waals surface area (Å²) in [6.45, 7) is 0. The predicted octanol–water partition coefficient (Wildman–Crippen LogP) is 3.58. The molecule has 0 bridgehead atoms. The molecule has 0 aliphatic heterocycles. The van der Waals surface area contributed by atoms with Crippen LogP contribution in [0.5, 0.6) is 0 Å². The van der Waals surface area contributed by atoms with Crippen molar-refractivity contribution >= 4 is 17.7 Å². The van der Waals surface area contributed by atoms with Gasteiger partial charge in [-0.3, -0.25) is 0 Å². The zero-order valence-electron chi connectivity index (χ0n) is 5.52. The molecule has 1 rings (SSSR count). The minimum atomic E-state index is -1.72. The van der Waals surface area contributed by atoms with Gasteiger partial charge in [0.2, 0.25) is 0 Å². The van der Waals surface area contributed by atoms with Gasteiger partial charge in [0, 0.05) is 11.1 Å². The predicted molar refractivity (Wildman–Crippen MR) is 41.6 cm³/mol. The third-order valence-corrected chi connectivity index (χ3v) is 1.36. The molecule has 0 saturated carbocycles. The van der Waals surface area contributed by atoms with Crippen molar-refractivity contribution in [2.24, 2.45) is 0 Å². The first kappa shape index (κ1) is 8.21. The van der Waals surface area contributed by atoms with E-state index in [9.17, 15) is 8.78 Å². The first-order chi connectivity index (χ1) is 5.18. The van der Waals surface area contributed by atoms with E-state index < -0.39 is 6.08 Å². The molecule has 1 aromatic rings. The molecular formula is C8H5ClF2. The molecule has 0 unspecified atom stereocenters. The van der Waals surface area contributed by atoms with Crippen LogP contribution in [0.2, 0.25) is 5.02 Å². The highest BCUT2D eigenvalue weighted by molar-refractivity contribution is 6.30. The largest absolute Gasteiger partial charge is 0.270 e. The highest BCUT2D eigenvalue weighted by Crippen LogP contribution is 2.14. The van der Waals surface area contributed by atoms with Gasteiger partial charge in [-0.1, -0.05) is 23.7 Å². The third-order valence-electron chi connectivity index (χ3n) is 1.12. The van der Waals surface area contributed by atoms with Crippen LogP contribution in [0.25, 0.3) is 6.08 Å². The lowest BCUT2D eigenvalue weighted by Crippen LogP contribution is -1.70. The van der Waals surface area contributed by atoms with Crippen molar-refractivity contribution in [3.8, 4) is 0 Å². The SMILES string of the molecule is FC(F)=Cc1cccc(Cl)c1. The Morgan fingerprint density at radius 3 is 2.64 bits per heavy atom. The van der Waals surface area contributed by atoms with Gasteiger partial charge < -0.3 is 0 Å². The lowest BCUT2D eigenvalue weighted by Gasteiger charge is -1.91. The molecule has 0 saturated heterocycles. The van der Waals surface area contributed by atoms with E-state index in [4.69, 9.17) is 11.6 Å². The van der Waals surface area contributed by atoms with E-state index in [1.165, 1.54) is 6.07 Å². The van der Waals surface area contributed by atoms with E-state index in [0.29, 0.717) is 10.6 Å². The maximum absolute atomic E-state index is 11.7. The van der Waals surface area contributed by atoms with Crippen molar-refractivity contribution in [2.45, 2.75) is 0 Å². The summed E-state index contributed by atoms with van der Waals surface area (Å²) in [5, 5.41) is 0.458. The van der Waals surface area contributed by atoms with Crippen LogP contribution in [-0.2, 0) is 0 Å². The van der Waals surface area contributed by atoms with Crippen LogP contribution in [0.15, 0.2) is 30.3 Å². The summed E-state index contributed by atoms with van der Waals surface area (Å²) in [5.74, 6) is 0. The van der Waals surface area contributed by atoms with Gasteiger partial charge in [-0.15, -0.1) is 0 Å². The number of hydrogen-bond acceptors (Lipinski definition) is 0. The van der Waals surface area contributed by atoms with E-state index >= 15 is 0 Å². The maximum Gasteiger partial charge on any atom is 0.270 e. The van der Waals surface area contributed by atoms with Gasteiger partial charge in [-0.05, 0) is 17.7 Å². The standard InChI is InChI=1S/C8H5ClF2/c9-7-3-1-2-6(4-7)5-8(10)11/h1-5H. The quantitative estimate of drug-likeness (QED) is 0.611. The molecule has 58 valence electrons. The summed E-state index contributed by atoms with van der Waals surface area (Å²) in [7, 11) is 0. The third kappa shape index (κ3) is 2.68. The van der Waals surface area contributed by atoms with Crippen molar-refractivity contribution in [2.75, 3.05) is 0 Å². The fourth-order valence-electron chi connectivity index (χ4n) is 0.722. The van der Waals surface area contributed by atoms with Crippen molar-refractivity contribution in [1.29, 1.82) is 0 Å². The van der Waals surface area contributed by atoms with E-state index in [-0.39, 0.29) is 0 Å². The van der Waals surface area contributed by atoms with Crippen LogP contribution < -0.4 is 0 Å². The van der Waals surface area contributed by atoms with Crippen LogP contribution in [0.3, 0.4) is 0 Å². The Morgan fingerprint density at radius 2 is 2.09 bits per heavy atom. The zero-order chi connectivity index (χ0) is 8.27. The molecular weight excluding hydrogens is 170 g/mol. The topological polar surface area (TPSA) is 0 Å². The Kier molecular flexibility index (Phi) is 2.60. The monoisotopic (exact) mass is 174 g/mol. The van der Waals surface area contributed by atoms with Crippen LogP contribution in [0, 0.1) is 0 Å². The fraction of sp³-hybridized carbons (Fsp3) is 0. The zero-order valence-corrected chi connectivity index (χ0v) is 6.28. The Hall–Kier alpha value is -0.890. The summed E-state index contributed by atoms with van der Waals surface area (Å²) in [6.07, 6.45) is -0.946. The normalized spacial score (nSPS) is 9.36. The van der Waals surface area contributed by atoms with Gasteiger partial charge >= 0.3 is 0 Å². The summed E-state index contributed by atoms with van der Waals surface area (Å²) in [5.41, 5.74) is 0.414. The van der Waals surface area contributed by atoms with Gasteiger partial charge in [0.25, 0.3) is 6.08 Å². The first-order valence-corrected chi connectivity index (χ1v) is 3.34. The maximum atomic E-state index is 11.7. The Labute approximate surface area is 68.1 Å². The van der Waals surface area contributed by atoms with Crippen molar-refractivity contribution < 1.29 is 8.78 Å². The second-order valence-electron chi connectivity index (χ2n) is 1.99. The molecule has 0 N–H and O–H groups in total. The van der Waals surface area contributed by atoms with Gasteiger partial charge in [-0.2, -0.15) is 8.78 Å². The molecule has 0 nitrogen and oxygen atoms in total. The van der Waals surface area contributed by atoms with Crippen molar-refractivity contribution in [1.82, 2.24) is 0 Å². The van der Waals surface area contributed by atoms with Crippen molar-refractivity contribution in [3.05, 3.63) is 40.9 Å². The average Bonchev–Trinajstić information content (AvgIpc) is 1.85. The van der Waals surface area contributed by atoms with Crippen LogP contribution >= 0.6 is 11.6 Å². The average molecular weight is 175 g/mol. The smallest absolute Gasteiger partial charge is 0.173 e. The molecule has 0 atom stereocenters. The van der Waals surface area contributed by atoms with Crippen molar-refractivity contribution in [3.63, 3.8) is 0 Å². The Bertz CT molecular complexity index is 277. The Balaban J connectivity index is 2.97. The van der Waals surface area contributed by atoms with Crippen LogP contribution in [0.4, 0.5) is 8.78 Å². The number of hydrogen-bond donors (Lipinski definition) is 0. The highest BCUT2D eigenvalue weighted by atomic mass is 35.5. The second kappa shape index (κ2) is 3.49. The van der Waals surface area contributed by atoms with Crippen LogP contribution in [-0.4, -0.2) is 0 Å². The molecule has 11 heavy (non-hydrogen) atoms. The molecule has 0 heterocycles.